The second-order valence-corrected chi connectivity index (χ2v) is 6.48. The first-order valence-corrected chi connectivity index (χ1v) is 8.36. The van der Waals surface area contributed by atoms with E-state index in [-0.39, 0.29) is 11.9 Å². The summed E-state index contributed by atoms with van der Waals surface area (Å²) in [6, 6.07) is 11.6. The zero-order chi connectivity index (χ0) is 17.1. The Bertz CT molecular complexity index is 770. The zero-order valence-corrected chi connectivity index (χ0v) is 14.2. The Balaban J connectivity index is 1.66. The standard InChI is InChI=1S/C19H22N4O/c1-14-10-15(2)23(21-14)13-18-4-3-9-22(18)19(24)11-16-5-7-17(12-20)8-6-16/h5-8,10,18H,3-4,9,11,13H2,1-2H3. The van der Waals surface area contributed by atoms with Gasteiger partial charge >= 0.3 is 0 Å². The minimum atomic E-state index is 0.156. The number of carbonyl (C=O) groups excluding carboxylic acids is 1. The monoisotopic (exact) mass is 322 g/mol. The maximum Gasteiger partial charge on any atom is 0.227 e. The highest BCUT2D eigenvalue weighted by Gasteiger charge is 2.29. The van der Waals surface area contributed by atoms with Crippen molar-refractivity contribution in [1.29, 1.82) is 5.26 Å². The molecule has 1 saturated heterocycles. The number of likely N-dealkylation sites (tertiary alicyclic amines) is 1. The summed E-state index contributed by atoms with van der Waals surface area (Å²) in [5, 5.41) is 13.4. The Morgan fingerprint density at radius 1 is 1.33 bits per heavy atom. The largest absolute Gasteiger partial charge is 0.338 e. The summed E-state index contributed by atoms with van der Waals surface area (Å²) in [4.78, 5) is 14.7. The molecule has 1 amide bonds. The summed E-state index contributed by atoms with van der Waals surface area (Å²) in [6.07, 6.45) is 2.46. The lowest BCUT2D eigenvalue weighted by Gasteiger charge is -2.25. The molecule has 3 rings (SSSR count). The maximum absolute atomic E-state index is 12.7. The fourth-order valence-electron chi connectivity index (χ4n) is 3.39. The molecule has 1 aliphatic heterocycles. The molecule has 1 unspecified atom stereocenters. The van der Waals surface area contributed by atoms with E-state index in [2.05, 4.69) is 24.2 Å². The Kier molecular flexibility index (Phi) is 4.66. The number of rotatable bonds is 4. The van der Waals surface area contributed by atoms with Gasteiger partial charge in [-0.25, -0.2) is 0 Å². The summed E-state index contributed by atoms with van der Waals surface area (Å²) in [6.45, 7) is 5.63. The van der Waals surface area contributed by atoms with Gasteiger partial charge in [0, 0.05) is 12.2 Å². The predicted octanol–water partition coefficient (Wildman–Crippen LogP) is 2.61. The molecule has 5 heteroatoms. The van der Waals surface area contributed by atoms with Gasteiger partial charge in [0.2, 0.25) is 5.91 Å². The molecular formula is C19H22N4O. The Labute approximate surface area is 142 Å². The van der Waals surface area contributed by atoms with Gasteiger partial charge in [-0.15, -0.1) is 0 Å². The average Bonchev–Trinajstić information content (AvgIpc) is 3.15. The van der Waals surface area contributed by atoms with Gasteiger partial charge in [0.05, 0.1) is 36.3 Å². The predicted molar refractivity (Wildman–Crippen MR) is 91.3 cm³/mol. The minimum Gasteiger partial charge on any atom is -0.338 e. The quantitative estimate of drug-likeness (QED) is 0.869. The zero-order valence-electron chi connectivity index (χ0n) is 14.2. The van der Waals surface area contributed by atoms with Crippen molar-refractivity contribution >= 4 is 5.91 Å². The molecule has 1 aromatic heterocycles. The van der Waals surface area contributed by atoms with Crippen LogP contribution in [-0.4, -0.2) is 33.2 Å². The highest BCUT2D eigenvalue weighted by atomic mass is 16.2. The van der Waals surface area contributed by atoms with Crippen LogP contribution in [0.1, 0.15) is 35.4 Å². The lowest BCUT2D eigenvalue weighted by Crippen LogP contribution is -2.39. The molecule has 124 valence electrons. The van der Waals surface area contributed by atoms with E-state index in [1.807, 2.05) is 28.6 Å². The lowest BCUT2D eigenvalue weighted by molar-refractivity contribution is -0.131. The van der Waals surface area contributed by atoms with Crippen LogP contribution in [0.15, 0.2) is 30.3 Å². The van der Waals surface area contributed by atoms with E-state index in [1.54, 1.807) is 12.1 Å². The van der Waals surface area contributed by atoms with Crippen molar-refractivity contribution in [2.45, 2.75) is 45.7 Å². The fraction of sp³-hybridized carbons (Fsp3) is 0.421. The van der Waals surface area contributed by atoms with Gasteiger partial charge in [0.1, 0.15) is 0 Å². The summed E-state index contributed by atoms with van der Waals surface area (Å²) in [5.41, 5.74) is 3.73. The molecule has 2 heterocycles. The summed E-state index contributed by atoms with van der Waals surface area (Å²) in [5.74, 6) is 0.156. The van der Waals surface area contributed by atoms with Crippen LogP contribution in [0.2, 0.25) is 0 Å². The van der Waals surface area contributed by atoms with E-state index >= 15 is 0 Å². The number of nitrogens with zero attached hydrogens (tertiary/aromatic N) is 4. The number of benzene rings is 1. The first-order valence-electron chi connectivity index (χ1n) is 8.36. The molecule has 0 bridgehead atoms. The highest BCUT2D eigenvalue weighted by molar-refractivity contribution is 5.79. The van der Waals surface area contributed by atoms with E-state index in [4.69, 9.17) is 5.26 Å². The first kappa shape index (κ1) is 16.3. The van der Waals surface area contributed by atoms with E-state index in [0.29, 0.717) is 12.0 Å². The van der Waals surface area contributed by atoms with Gasteiger partial charge in [-0.3, -0.25) is 9.48 Å². The summed E-state index contributed by atoms with van der Waals surface area (Å²) < 4.78 is 2.01. The molecule has 0 radical (unpaired) electrons. The third kappa shape index (κ3) is 3.48. The van der Waals surface area contributed by atoms with E-state index in [9.17, 15) is 4.79 Å². The van der Waals surface area contributed by atoms with Crippen molar-refractivity contribution in [2.75, 3.05) is 6.54 Å². The van der Waals surface area contributed by atoms with Gasteiger partial charge in [0.15, 0.2) is 0 Å². The molecule has 1 fully saturated rings. The molecule has 24 heavy (non-hydrogen) atoms. The second kappa shape index (κ2) is 6.88. The number of nitriles is 1. The number of hydrogen-bond donors (Lipinski definition) is 0. The van der Waals surface area contributed by atoms with E-state index < -0.39 is 0 Å². The van der Waals surface area contributed by atoms with Crippen molar-refractivity contribution in [2.24, 2.45) is 0 Å². The number of aryl methyl sites for hydroxylation is 2. The van der Waals surface area contributed by atoms with E-state index in [0.717, 1.165) is 42.9 Å². The third-order valence-electron chi connectivity index (χ3n) is 4.62. The van der Waals surface area contributed by atoms with Crippen LogP contribution in [0.4, 0.5) is 0 Å². The van der Waals surface area contributed by atoms with Crippen LogP contribution in [0.25, 0.3) is 0 Å². The maximum atomic E-state index is 12.7. The second-order valence-electron chi connectivity index (χ2n) is 6.48. The highest BCUT2D eigenvalue weighted by Crippen LogP contribution is 2.21. The normalized spacial score (nSPS) is 17.0. The van der Waals surface area contributed by atoms with Crippen molar-refractivity contribution in [3.8, 4) is 6.07 Å². The summed E-state index contributed by atoms with van der Waals surface area (Å²) >= 11 is 0. The van der Waals surface area contributed by atoms with Crippen LogP contribution in [-0.2, 0) is 17.8 Å². The molecule has 1 atom stereocenters. The van der Waals surface area contributed by atoms with Gasteiger partial charge < -0.3 is 4.90 Å². The molecule has 0 aliphatic carbocycles. The number of carbonyl (C=O) groups is 1. The molecule has 2 aromatic rings. The molecule has 1 aromatic carbocycles. The van der Waals surface area contributed by atoms with Crippen molar-refractivity contribution in [1.82, 2.24) is 14.7 Å². The Morgan fingerprint density at radius 2 is 2.08 bits per heavy atom. The molecule has 0 N–H and O–H groups in total. The van der Waals surface area contributed by atoms with Crippen LogP contribution >= 0.6 is 0 Å². The van der Waals surface area contributed by atoms with Crippen LogP contribution in [0.3, 0.4) is 0 Å². The number of hydrogen-bond acceptors (Lipinski definition) is 3. The van der Waals surface area contributed by atoms with Gasteiger partial charge in [-0.1, -0.05) is 12.1 Å². The fourth-order valence-corrected chi connectivity index (χ4v) is 3.39. The molecule has 5 nitrogen and oxygen atoms in total. The van der Waals surface area contributed by atoms with Gasteiger partial charge in [-0.05, 0) is 50.5 Å². The van der Waals surface area contributed by atoms with E-state index in [1.165, 1.54) is 0 Å². The van der Waals surface area contributed by atoms with Crippen LogP contribution in [0, 0.1) is 25.2 Å². The Morgan fingerprint density at radius 3 is 2.71 bits per heavy atom. The molecule has 0 spiro atoms. The molecule has 1 aliphatic rings. The van der Waals surface area contributed by atoms with Crippen molar-refractivity contribution in [3.05, 3.63) is 52.8 Å². The SMILES string of the molecule is Cc1cc(C)n(CC2CCCN2C(=O)Cc2ccc(C#N)cc2)n1. The van der Waals surface area contributed by atoms with Gasteiger partial charge in [-0.2, -0.15) is 10.4 Å². The third-order valence-corrected chi connectivity index (χ3v) is 4.62. The number of aromatic nitrogens is 2. The van der Waals surface area contributed by atoms with Gasteiger partial charge in [0.25, 0.3) is 0 Å². The van der Waals surface area contributed by atoms with Crippen LogP contribution < -0.4 is 0 Å². The lowest BCUT2D eigenvalue weighted by atomic mass is 10.1. The topological polar surface area (TPSA) is 61.9 Å². The Hall–Kier alpha value is -2.61. The molecule has 0 saturated carbocycles. The van der Waals surface area contributed by atoms with Crippen LogP contribution in [0.5, 0.6) is 0 Å². The summed E-state index contributed by atoms with van der Waals surface area (Å²) in [7, 11) is 0. The minimum absolute atomic E-state index is 0.156. The van der Waals surface area contributed by atoms with Crippen molar-refractivity contribution in [3.63, 3.8) is 0 Å². The van der Waals surface area contributed by atoms with Crippen molar-refractivity contribution < 1.29 is 4.79 Å². The average molecular weight is 322 g/mol. The number of amides is 1. The smallest absolute Gasteiger partial charge is 0.227 e. The molecular weight excluding hydrogens is 300 g/mol. The first-order chi connectivity index (χ1) is 11.6.